The molecule has 2 aromatic rings. The fraction of sp³-hybridized carbons (Fsp3) is 0.125. The minimum atomic E-state index is -0.444. The van der Waals surface area contributed by atoms with Crippen LogP contribution in [0.2, 0.25) is 5.02 Å². The molecule has 0 heterocycles. The van der Waals surface area contributed by atoms with Crippen LogP contribution in [0.4, 0.5) is 11.4 Å². The molecule has 25 heavy (non-hydrogen) atoms. The Hall–Kier alpha value is -2.71. The molecule has 0 unspecified atom stereocenters. The molecule has 0 saturated carbocycles. The number of thiocarbonyl (C=S) groups is 1. The summed E-state index contributed by atoms with van der Waals surface area (Å²) in [5, 5.41) is 18.8. The van der Waals surface area contributed by atoms with Crippen LogP contribution in [0, 0.1) is 10.1 Å². The van der Waals surface area contributed by atoms with Gasteiger partial charge >= 0.3 is 0 Å². The monoisotopic (exact) mass is 377 g/mol. The Balaban J connectivity index is 2.05. The Morgan fingerprint density at radius 1 is 1.36 bits per heavy atom. The summed E-state index contributed by atoms with van der Waals surface area (Å²) >= 11 is 10.6. The number of rotatable bonds is 7. The molecule has 0 aliphatic rings. The molecule has 0 aliphatic carbocycles. The Labute approximate surface area is 155 Å². The lowest BCUT2D eigenvalue weighted by Gasteiger charge is -2.08. The number of anilines is 1. The van der Waals surface area contributed by atoms with Crippen molar-refractivity contribution in [3.8, 4) is 0 Å². The summed E-state index contributed by atoms with van der Waals surface area (Å²) in [4.78, 5) is 10.8. The highest BCUT2D eigenvalue weighted by molar-refractivity contribution is 7.80. The zero-order valence-electron chi connectivity index (χ0n) is 13.1. The summed E-state index contributed by atoms with van der Waals surface area (Å²) in [6.07, 6.45) is 2.10. The third-order valence-corrected chi connectivity index (χ3v) is 3.55. The summed E-state index contributed by atoms with van der Waals surface area (Å²) in [5.74, 6) is 0. The number of hydrogen-bond acceptors (Lipinski definition) is 5. The van der Waals surface area contributed by atoms with E-state index in [-0.39, 0.29) is 10.8 Å². The standard InChI is InChI=1S/C16H16ClN5O2S/c17-13-3-1-2-11(8-13)6-7-19-14-5-4-12(9-15(14)22(23)24)10-20-21-16(18)25/h1-5,8-10,19H,6-7H2,(H3,18,21,25)/b20-10+. The van der Waals surface area contributed by atoms with Gasteiger partial charge < -0.3 is 11.1 Å². The van der Waals surface area contributed by atoms with Crippen molar-refractivity contribution in [2.24, 2.45) is 10.8 Å². The maximum absolute atomic E-state index is 11.3. The number of hydrazone groups is 1. The van der Waals surface area contributed by atoms with Gasteiger partial charge in [0.15, 0.2) is 5.11 Å². The SMILES string of the molecule is NC(=S)N/N=C/c1ccc(NCCc2cccc(Cl)c2)c([N+](=O)[O-])c1. The number of halogens is 1. The van der Waals surface area contributed by atoms with Crippen molar-refractivity contribution < 1.29 is 4.92 Å². The van der Waals surface area contributed by atoms with Gasteiger partial charge in [-0.15, -0.1) is 0 Å². The van der Waals surface area contributed by atoms with Crippen LogP contribution in [0.1, 0.15) is 11.1 Å². The first-order chi connectivity index (χ1) is 12.0. The van der Waals surface area contributed by atoms with Gasteiger partial charge in [-0.05, 0) is 42.4 Å². The number of nitro groups is 1. The van der Waals surface area contributed by atoms with Gasteiger partial charge in [-0.1, -0.05) is 29.8 Å². The summed E-state index contributed by atoms with van der Waals surface area (Å²) in [5.41, 5.74) is 9.65. The van der Waals surface area contributed by atoms with Crippen LogP contribution in [-0.4, -0.2) is 22.8 Å². The molecule has 0 saturated heterocycles. The number of nitrogens with zero attached hydrogens (tertiary/aromatic N) is 2. The van der Waals surface area contributed by atoms with Crippen molar-refractivity contribution >= 4 is 46.5 Å². The minimum absolute atomic E-state index is 0.0186. The third kappa shape index (κ3) is 6.02. The van der Waals surface area contributed by atoms with Gasteiger partial charge in [0, 0.05) is 23.2 Å². The van der Waals surface area contributed by atoms with Crippen LogP contribution in [-0.2, 0) is 6.42 Å². The van der Waals surface area contributed by atoms with Crippen LogP contribution in [0.5, 0.6) is 0 Å². The summed E-state index contributed by atoms with van der Waals surface area (Å²) in [6.45, 7) is 0.539. The zero-order chi connectivity index (χ0) is 18.2. The van der Waals surface area contributed by atoms with Crippen LogP contribution in [0.25, 0.3) is 0 Å². The van der Waals surface area contributed by atoms with Gasteiger partial charge in [-0.3, -0.25) is 15.5 Å². The first-order valence-corrected chi connectivity index (χ1v) is 8.09. The van der Waals surface area contributed by atoms with Crippen LogP contribution in [0.3, 0.4) is 0 Å². The molecule has 0 amide bonds. The number of nitrogens with one attached hydrogen (secondary N) is 2. The van der Waals surface area contributed by atoms with Gasteiger partial charge in [-0.2, -0.15) is 5.10 Å². The maximum Gasteiger partial charge on any atom is 0.292 e. The molecule has 7 nitrogen and oxygen atoms in total. The number of hydrogen-bond donors (Lipinski definition) is 3. The van der Waals surface area contributed by atoms with Gasteiger partial charge in [0.25, 0.3) is 5.69 Å². The lowest BCUT2D eigenvalue weighted by Crippen LogP contribution is -2.23. The predicted molar refractivity (Wildman–Crippen MR) is 104 cm³/mol. The molecule has 130 valence electrons. The van der Waals surface area contributed by atoms with Crippen molar-refractivity contribution in [1.29, 1.82) is 0 Å². The Bertz CT molecular complexity index is 813. The van der Waals surface area contributed by atoms with Crippen molar-refractivity contribution in [1.82, 2.24) is 5.43 Å². The van der Waals surface area contributed by atoms with E-state index < -0.39 is 4.92 Å². The summed E-state index contributed by atoms with van der Waals surface area (Å²) < 4.78 is 0. The lowest BCUT2D eigenvalue weighted by atomic mass is 10.1. The molecule has 0 bridgehead atoms. The zero-order valence-corrected chi connectivity index (χ0v) is 14.7. The van der Waals surface area contributed by atoms with E-state index >= 15 is 0 Å². The largest absolute Gasteiger partial charge is 0.379 e. The van der Waals surface area contributed by atoms with Gasteiger partial charge in [0.05, 0.1) is 11.1 Å². The fourth-order valence-corrected chi connectivity index (χ4v) is 2.40. The molecule has 4 N–H and O–H groups in total. The van der Waals surface area contributed by atoms with Crippen LogP contribution in [0.15, 0.2) is 47.6 Å². The highest BCUT2D eigenvalue weighted by Gasteiger charge is 2.13. The van der Waals surface area contributed by atoms with Gasteiger partial charge in [0.1, 0.15) is 5.69 Å². The second-order valence-electron chi connectivity index (χ2n) is 5.07. The van der Waals surface area contributed by atoms with E-state index in [1.165, 1.54) is 12.3 Å². The summed E-state index contributed by atoms with van der Waals surface area (Å²) in [6, 6.07) is 12.3. The van der Waals surface area contributed by atoms with E-state index in [1.807, 2.05) is 18.2 Å². The Morgan fingerprint density at radius 3 is 2.84 bits per heavy atom. The topological polar surface area (TPSA) is 106 Å². The molecule has 0 radical (unpaired) electrons. The number of nitro benzene ring substituents is 1. The van der Waals surface area contributed by atoms with Crippen molar-refractivity contribution in [2.45, 2.75) is 6.42 Å². The molecule has 0 spiro atoms. The molecule has 0 aromatic heterocycles. The van der Waals surface area contributed by atoms with E-state index in [9.17, 15) is 10.1 Å². The van der Waals surface area contributed by atoms with Crippen LogP contribution < -0.4 is 16.5 Å². The second kappa shape index (κ2) is 8.95. The first kappa shape index (κ1) is 18.6. The quantitative estimate of drug-likeness (QED) is 0.296. The second-order valence-corrected chi connectivity index (χ2v) is 5.95. The highest BCUT2D eigenvalue weighted by atomic mass is 35.5. The van der Waals surface area contributed by atoms with E-state index in [0.717, 1.165) is 5.56 Å². The maximum atomic E-state index is 11.3. The molecule has 2 aromatic carbocycles. The van der Waals surface area contributed by atoms with E-state index in [2.05, 4.69) is 28.1 Å². The van der Waals surface area contributed by atoms with Crippen LogP contribution >= 0.6 is 23.8 Å². The molecular formula is C16H16ClN5O2S. The van der Waals surface area contributed by atoms with Crippen molar-refractivity contribution in [3.05, 3.63) is 68.7 Å². The highest BCUT2D eigenvalue weighted by Crippen LogP contribution is 2.25. The molecule has 0 aliphatic heterocycles. The molecule has 0 atom stereocenters. The molecular weight excluding hydrogens is 362 g/mol. The average Bonchev–Trinajstić information content (AvgIpc) is 2.55. The molecule has 9 heteroatoms. The van der Waals surface area contributed by atoms with E-state index in [1.54, 1.807) is 18.2 Å². The van der Waals surface area contributed by atoms with Crippen molar-refractivity contribution in [3.63, 3.8) is 0 Å². The van der Waals surface area contributed by atoms with E-state index in [4.69, 9.17) is 17.3 Å². The third-order valence-electron chi connectivity index (χ3n) is 3.23. The van der Waals surface area contributed by atoms with Gasteiger partial charge in [0.2, 0.25) is 0 Å². The first-order valence-electron chi connectivity index (χ1n) is 7.31. The Kier molecular flexibility index (Phi) is 6.67. The number of benzene rings is 2. The smallest absolute Gasteiger partial charge is 0.292 e. The van der Waals surface area contributed by atoms with E-state index in [0.29, 0.717) is 29.2 Å². The normalized spacial score (nSPS) is 10.6. The predicted octanol–water partition coefficient (Wildman–Crippen LogP) is 3.07. The number of nitrogens with two attached hydrogens (primary N) is 1. The molecule has 2 rings (SSSR count). The minimum Gasteiger partial charge on any atom is -0.379 e. The molecule has 0 fully saturated rings. The van der Waals surface area contributed by atoms with Gasteiger partial charge in [-0.25, -0.2) is 0 Å². The fourth-order valence-electron chi connectivity index (χ4n) is 2.13. The summed E-state index contributed by atoms with van der Waals surface area (Å²) in [7, 11) is 0. The average molecular weight is 378 g/mol. The Morgan fingerprint density at radius 2 is 2.16 bits per heavy atom. The van der Waals surface area contributed by atoms with Crippen molar-refractivity contribution in [2.75, 3.05) is 11.9 Å². The lowest BCUT2D eigenvalue weighted by molar-refractivity contribution is -0.384.